The summed E-state index contributed by atoms with van der Waals surface area (Å²) >= 11 is 0. The molecule has 0 fully saturated rings. The third-order valence-corrected chi connectivity index (χ3v) is 4.21. The fourth-order valence-electron chi connectivity index (χ4n) is 1.17. The predicted molar refractivity (Wildman–Crippen MR) is 59.7 cm³/mol. The summed E-state index contributed by atoms with van der Waals surface area (Å²) in [6.07, 6.45) is 3.20. The summed E-state index contributed by atoms with van der Waals surface area (Å²) in [5.74, 6) is 0. The Labute approximate surface area is 95.4 Å². The van der Waals surface area contributed by atoms with Gasteiger partial charge in [0.2, 0.25) is 10.0 Å². The molecule has 1 heterocycles. The third-order valence-electron chi connectivity index (χ3n) is 2.22. The molecule has 1 aromatic heterocycles. The van der Waals surface area contributed by atoms with E-state index in [2.05, 4.69) is 4.98 Å². The Hall–Kier alpha value is -1.45. The van der Waals surface area contributed by atoms with Crippen molar-refractivity contribution < 1.29 is 8.42 Å². The maximum Gasteiger partial charge on any atom is 0.230 e. The SMILES string of the molecule is CC(C#N)S(=O)(=O)N(C)Cc1ccncc1. The highest BCUT2D eigenvalue weighted by atomic mass is 32.2. The van der Waals surface area contributed by atoms with E-state index < -0.39 is 15.3 Å². The lowest BCUT2D eigenvalue weighted by Gasteiger charge is -2.18. The van der Waals surface area contributed by atoms with Crippen LogP contribution in [0.3, 0.4) is 0 Å². The molecule has 1 unspecified atom stereocenters. The zero-order chi connectivity index (χ0) is 12.2. The van der Waals surface area contributed by atoms with E-state index in [0.29, 0.717) is 0 Å². The van der Waals surface area contributed by atoms with E-state index in [4.69, 9.17) is 5.26 Å². The van der Waals surface area contributed by atoms with E-state index in [0.717, 1.165) is 5.56 Å². The van der Waals surface area contributed by atoms with Gasteiger partial charge >= 0.3 is 0 Å². The molecule has 5 nitrogen and oxygen atoms in total. The summed E-state index contributed by atoms with van der Waals surface area (Å²) in [5.41, 5.74) is 0.839. The zero-order valence-corrected chi connectivity index (χ0v) is 9.98. The first-order valence-corrected chi connectivity index (χ1v) is 6.22. The lowest BCUT2D eigenvalue weighted by atomic mass is 10.3. The molecule has 0 aromatic carbocycles. The van der Waals surface area contributed by atoms with Crippen molar-refractivity contribution in [3.63, 3.8) is 0 Å². The number of hydrogen-bond donors (Lipinski definition) is 0. The Morgan fingerprint density at radius 3 is 2.56 bits per heavy atom. The normalized spacial score (nSPS) is 13.4. The van der Waals surface area contributed by atoms with Gasteiger partial charge in [-0.25, -0.2) is 8.42 Å². The Bertz CT molecular complexity index is 479. The van der Waals surface area contributed by atoms with E-state index in [1.807, 2.05) is 0 Å². The summed E-state index contributed by atoms with van der Waals surface area (Å²) < 4.78 is 24.7. The first-order valence-electron chi connectivity index (χ1n) is 4.72. The van der Waals surface area contributed by atoms with E-state index in [1.165, 1.54) is 18.3 Å². The minimum absolute atomic E-state index is 0.247. The van der Waals surface area contributed by atoms with Gasteiger partial charge in [0.15, 0.2) is 5.25 Å². The summed E-state index contributed by atoms with van der Waals surface area (Å²) in [6.45, 7) is 1.62. The summed E-state index contributed by atoms with van der Waals surface area (Å²) in [6, 6.07) is 5.21. The summed E-state index contributed by atoms with van der Waals surface area (Å²) in [4.78, 5) is 3.85. The molecule has 86 valence electrons. The highest BCUT2D eigenvalue weighted by Gasteiger charge is 2.25. The monoisotopic (exact) mass is 239 g/mol. The summed E-state index contributed by atoms with van der Waals surface area (Å²) in [5, 5.41) is 7.59. The van der Waals surface area contributed by atoms with Crippen LogP contribution in [0.1, 0.15) is 12.5 Å². The van der Waals surface area contributed by atoms with Crippen molar-refractivity contribution in [3.05, 3.63) is 30.1 Å². The molecule has 1 atom stereocenters. The van der Waals surface area contributed by atoms with Gasteiger partial charge < -0.3 is 0 Å². The molecule has 0 aliphatic heterocycles. The van der Waals surface area contributed by atoms with Gasteiger partial charge in [-0.1, -0.05) is 0 Å². The maximum atomic E-state index is 11.8. The van der Waals surface area contributed by atoms with Crippen LogP contribution >= 0.6 is 0 Å². The average Bonchev–Trinajstić information content (AvgIpc) is 2.29. The molecule has 0 spiro atoms. The van der Waals surface area contributed by atoms with Crippen LogP contribution in [0, 0.1) is 11.3 Å². The van der Waals surface area contributed by atoms with Crippen molar-refractivity contribution in [2.75, 3.05) is 7.05 Å². The number of aromatic nitrogens is 1. The molecule has 16 heavy (non-hydrogen) atoms. The van der Waals surface area contributed by atoms with Crippen molar-refractivity contribution >= 4 is 10.0 Å². The van der Waals surface area contributed by atoms with Gasteiger partial charge in [-0.05, 0) is 24.6 Å². The topological polar surface area (TPSA) is 74.1 Å². The van der Waals surface area contributed by atoms with Crippen LogP contribution < -0.4 is 0 Å². The molecule has 6 heteroatoms. The zero-order valence-electron chi connectivity index (χ0n) is 9.16. The molecule has 0 bridgehead atoms. The van der Waals surface area contributed by atoms with Crippen LogP contribution in [-0.4, -0.2) is 30.0 Å². The fourth-order valence-corrected chi connectivity index (χ4v) is 2.17. The van der Waals surface area contributed by atoms with Gasteiger partial charge in [0.25, 0.3) is 0 Å². The highest BCUT2D eigenvalue weighted by molar-refractivity contribution is 7.89. The van der Waals surface area contributed by atoms with Gasteiger partial charge in [-0.3, -0.25) is 4.98 Å². The molecule has 0 saturated heterocycles. The Balaban J connectivity index is 2.82. The van der Waals surface area contributed by atoms with Crippen molar-refractivity contribution in [1.82, 2.24) is 9.29 Å². The van der Waals surface area contributed by atoms with Gasteiger partial charge in [-0.2, -0.15) is 9.57 Å². The van der Waals surface area contributed by atoms with Crippen LogP contribution in [0.2, 0.25) is 0 Å². The van der Waals surface area contributed by atoms with Crippen molar-refractivity contribution in [2.45, 2.75) is 18.7 Å². The number of nitriles is 1. The van der Waals surface area contributed by atoms with Gasteiger partial charge in [0.05, 0.1) is 6.07 Å². The van der Waals surface area contributed by atoms with Crippen molar-refractivity contribution in [3.8, 4) is 6.07 Å². The molecule has 0 radical (unpaired) electrons. The van der Waals surface area contributed by atoms with Crippen LogP contribution in [-0.2, 0) is 16.6 Å². The number of pyridine rings is 1. The molecule has 0 amide bonds. The molecular formula is C10H13N3O2S. The van der Waals surface area contributed by atoms with Crippen LogP contribution in [0.4, 0.5) is 0 Å². The number of rotatable bonds is 4. The lowest BCUT2D eigenvalue weighted by Crippen LogP contribution is -2.33. The Morgan fingerprint density at radius 2 is 2.06 bits per heavy atom. The van der Waals surface area contributed by atoms with E-state index >= 15 is 0 Å². The van der Waals surface area contributed by atoms with Gasteiger partial charge in [0, 0.05) is 26.0 Å². The van der Waals surface area contributed by atoms with E-state index in [-0.39, 0.29) is 6.54 Å². The third kappa shape index (κ3) is 2.78. The number of sulfonamides is 1. The van der Waals surface area contributed by atoms with Crippen LogP contribution in [0.5, 0.6) is 0 Å². The van der Waals surface area contributed by atoms with E-state index in [9.17, 15) is 8.42 Å². The van der Waals surface area contributed by atoms with E-state index in [1.54, 1.807) is 30.6 Å². The maximum absolute atomic E-state index is 11.8. The summed E-state index contributed by atoms with van der Waals surface area (Å²) in [7, 11) is -2.07. The minimum Gasteiger partial charge on any atom is -0.265 e. The Morgan fingerprint density at radius 1 is 1.50 bits per heavy atom. The highest BCUT2D eigenvalue weighted by Crippen LogP contribution is 2.10. The molecule has 1 rings (SSSR count). The molecule has 0 aliphatic carbocycles. The van der Waals surface area contributed by atoms with Crippen LogP contribution in [0.15, 0.2) is 24.5 Å². The second-order valence-corrected chi connectivity index (χ2v) is 5.79. The van der Waals surface area contributed by atoms with Gasteiger partial charge in [0.1, 0.15) is 0 Å². The number of nitrogens with zero attached hydrogens (tertiary/aromatic N) is 3. The molecule has 0 aliphatic rings. The average molecular weight is 239 g/mol. The van der Waals surface area contributed by atoms with Crippen LogP contribution in [0.25, 0.3) is 0 Å². The largest absolute Gasteiger partial charge is 0.265 e. The number of hydrogen-bond acceptors (Lipinski definition) is 4. The predicted octanol–water partition coefficient (Wildman–Crippen LogP) is 0.755. The second-order valence-electron chi connectivity index (χ2n) is 3.43. The fraction of sp³-hybridized carbons (Fsp3) is 0.400. The smallest absolute Gasteiger partial charge is 0.230 e. The van der Waals surface area contributed by atoms with Crippen molar-refractivity contribution in [1.29, 1.82) is 5.26 Å². The van der Waals surface area contributed by atoms with Crippen molar-refractivity contribution in [2.24, 2.45) is 0 Å². The first kappa shape index (κ1) is 12.6. The Kier molecular flexibility index (Phi) is 3.99. The standard InChI is InChI=1S/C10H13N3O2S/c1-9(7-11)16(14,15)13(2)8-10-3-5-12-6-4-10/h3-6,9H,8H2,1-2H3. The quantitative estimate of drug-likeness (QED) is 0.777. The molecule has 0 saturated carbocycles. The molecular weight excluding hydrogens is 226 g/mol. The minimum atomic E-state index is -3.54. The molecule has 0 N–H and O–H groups in total. The second kappa shape index (κ2) is 5.05. The lowest BCUT2D eigenvalue weighted by molar-refractivity contribution is 0.463. The first-order chi connectivity index (χ1) is 7.48. The van der Waals surface area contributed by atoms with Gasteiger partial charge in [-0.15, -0.1) is 0 Å². The molecule has 1 aromatic rings.